The Bertz CT molecular complexity index is 753. The van der Waals surface area contributed by atoms with Crippen molar-refractivity contribution in [1.29, 1.82) is 0 Å². The van der Waals surface area contributed by atoms with Gasteiger partial charge in [-0.2, -0.15) is 0 Å². The largest absolute Gasteiger partial charge is 0.368 e. The number of carbonyl (C=O) groups is 1. The summed E-state index contributed by atoms with van der Waals surface area (Å²) >= 11 is 0. The van der Waals surface area contributed by atoms with Gasteiger partial charge < -0.3 is 14.5 Å². The summed E-state index contributed by atoms with van der Waals surface area (Å²) in [6.45, 7) is 3.48. The third-order valence-electron chi connectivity index (χ3n) is 4.76. The fourth-order valence-corrected chi connectivity index (χ4v) is 3.39. The van der Waals surface area contributed by atoms with E-state index >= 15 is 0 Å². The van der Waals surface area contributed by atoms with Crippen LogP contribution in [0, 0.1) is 5.82 Å². The standard InChI is InChI=1S/C18H20FN3O2/c19-14-5-3-13-4-6-17(20-15(13)12-14)21-7-9-22(10-8-21)18(23)16-2-1-11-24-16/h3-6,12,16H,1-2,7-11H2/t16-/m1/s1. The van der Waals surface area contributed by atoms with E-state index in [9.17, 15) is 9.18 Å². The van der Waals surface area contributed by atoms with Gasteiger partial charge in [-0.3, -0.25) is 4.79 Å². The predicted molar refractivity (Wildman–Crippen MR) is 89.5 cm³/mol. The van der Waals surface area contributed by atoms with Crippen LogP contribution in [0.2, 0.25) is 0 Å². The van der Waals surface area contributed by atoms with Crippen molar-refractivity contribution in [3.63, 3.8) is 0 Å². The minimum Gasteiger partial charge on any atom is -0.368 e. The quantitative estimate of drug-likeness (QED) is 0.847. The average Bonchev–Trinajstić information content (AvgIpc) is 3.15. The number of nitrogens with zero attached hydrogens (tertiary/aromatic N) is 3. The summed E-state index contributed by atoms with van der Waals surface area (Å²) in [6, 6.07) is 8.55. The fourth-order valence-electron chi connectivity index (χ4n) is 3.39. The molecular formula is C18H20FN3O2. The van der Waals surface area contributed by atoms with Crippen LogP contribution in [0.3, 0.4) is 0 Å². The van der Waals surface area contributed by atoms with Gasteiger partial charge in [0, 0.05) is 44.2 Å². The molecule has 2 fully saturated rings. The van der Waals surface area contributed by atoms with Gasteiger partial charge in [-0.25, -0.2) is 9.37 Å². The Morgan fingerprint density at radius 3 is 2.71 bits per heavy atom. The van der Waals surface area contributed by atoms with Gasteiger partial charge in [0.25, 0.3) is 5.91 Å². The maximum atomic E-state index is 13.4. The third-order valence-corrected chi connectivity index (χ3v) is 4.76. The van der Waals surface area contributed by atoms with E-state index in [1.165, 1.54) is 12.1 Å². The van der Waals surface area contributed by atoms with E-state index < -0.39 is 0 Å². The van der Waals surface area contributed by atoms with Gasteiger partial charge in [-0.1, -0.05) is 0 Å². The van der Waals surface area contributed by atoms with Crippen LogP contribution >= 0.6 is 0 Å². The van der Waals surface area contributed by atoms with Gasteiger partial charge in [0.05, 0.1) is 5.52 Å². The molecule has 126 valence electrons. The van der Waals surface area contributed by atoms with E-state index in [1.54, 1.807) is 6.07 Å². The minimum absolute atomic E-state index is 0.112. The number of hydrogen-bond acceptors (Lipinski definition) is 4. The zero-order valence-corrected chi connectivity index (χ0v) is 13.4. The first-order valence-electron chi connectivity index (χ1n) is 8.42. The Morgan fingerprint density at radius 1 is 1.17 bits per heavy atom. The molecule has 2 aromatic rings. The molecule has 0 unspecified atom stereocenters. The molecule has 0 bridgehead atoms. The summed E-state index contributed by atoms with van der Waals surface area (Å²) in [5, 5.41) is 0.923. The van der Waals surface area contributed by atoms with Crippen molar-refractivity contribution in [3.05, 3.63) is 36.1 Å². The lowest BCUT2D eigenvalue weighted by Crippen LogP contribution is -2.51. The molecule has 6 heteroatoms. The van der Waals surface area contributed by atoms with Gasteiger partial charge in [0.1, 0.15) is 17.7 Å². The third kappa shape index (κ3) is 2.94. The summed E-state index contributed by atoms with van der Waals surface area (Å²) < 4.78 is 18.9. The number of pyridine rings is 1. The number of ether oxygens (including phenoxy) is 1. The number of amides is 1. The Morgan fingerprint density at radius 2 is 1.96 bits per heavy atom. The lowest BCUT2D eigenvalue weighted by Gasteiger charge is -2.36. The number of hydrogen-bond donors (Lipinski definition) is 0. The van der Waals surface area contributed by atoms with Crippen molar-refractivity contribution in [2.75, 3.05) is 37.7 Å². The topological polar surface area (TPSA) is 45.7 Å². The van der Waals surface area contributed by atoms with E-state index in [0.29, 0.717) is 25.2 Å². The molecular weight excluding hydrogens is 309 g/mol. The number of aromatic nitrogens is 1. The van der Waals surface area contributed by atoms with Crippen LogP contribution in [0.25, 0.3) is 10.9 Å². The molecule has 2 saturated heterocycles. The normalized spacial score (nSPS) is 21.5. The number of benzene rings is 1. The van der Waals surface area contributed by atoms with Gasteiger partial charge in [0.15, 0.2) is 0 Å². The Balaban J connectivity index is 1.44. The summed E-state index contributed by atoms with van der Waals surface area (Å²) in [6.07, 6.45) is 1.54. The van der Waals surface area contributed by atoms with Crippen molar-refractivity contribution in [2.24, 2.45) is 0 Å². The molecule has 0 aliphatic carbocycles. The SMILES string of the molecule is O=C([C@H]1CCCO1)N1CCN(c2ccc3ccc(F)cc3n2)CC1. The van der Waals surface area contributed by atoms with Crippen LogP contribution in [-0.4, -0.2) is 54.7 Å². The Kier molecular flexibility index (Phi) is 4.06. The van der Waals surface area contributed by atoms with E-state index in [1.807, 2.05) is 17.0 Å². The first-order chi connectivity index (χ1) is 11.7. The average molecular weight is 329 g/mol. The highest BCUT2D eigenvalue weighted by Gasteiger charge is 2.30. The van der Waals surface area contributed by atoms with Crippen LogP contribution in [0.5, 0.6) is 0 Å². The maximum Gasteiger partial charge on any atom is 0.251 e. The molecule has 2 aliphatic heterocycles. The predicted octanol–water partition coefficient (Wildman–Crippen LogP) is 2.20. The fraction of sp³-hybridized carbons (Fsp3) is 0.444. The minimum atomic E-state index is -0.279. The highest BCUT2D eigenvalue weighted by molar-refractivity contribution is 5.82. The van der Waals surface area contributed by atoms with Crippen LogP contribution in [0.15, 0.2) is 30.3 Å². The molecule has 4 rings (SSSR count). The first-order valence-corrected chi connectivity index (χ1v) is 8.42. The summed E-state index contributed by atoms with van der Waals surface area (Å²) in [4.78, 5) is 21.0. The molecule has 5 nitrogen and oxygen atoms in total. The monoisotopic (exact) mass is 329 g/mol. The highest BCUT2D eigenvalue weighted by atomic mass is 19.1. The second-order valence-corrected chi connectivity index (χ2v) is 6.32. The van der Waals surface area contributed by atoms with Crippen molar-refractivity contribution < 1.29 is 13.9 Å². The van der Waals surface area contributed by atoms with E-state index in [0.717, 1.165) is 37.1 Å². The smallest absolute Gasteiger partial charge is 0.251 e. The summed E-state index contributed by atoms with van der Waals surface area (Å²) in [5.41, 5.74) is 0.658. The molecule has 1 aromatic carbocycles. The van der Waals surface area contributed by atoms with Gasteiger partial charge in [-0.05, 0) is 37.1 Å². The molecule has 0 saturated carbocycles. The highest BCUT2D eigenvalue weighted by Crippen LogP contribution is 2.21. The summed E-state index contributed by atoms with van der Waals surface area (Å²) in [7, 11) is 0. The van der Waals surface area contributed by atoms with Gasteiger partial charge in [0.2, 0.25) is 0 Å². The molecule has 3 heterocycles. The van der Waals surface area contributed by atoms with E-state index in [-0.39, 0.29) is 17.8 Å². The second-order valence-electron chi connectivity index (χ2n) is 6.32. The van der Waals surface area contributed by atoms with Crippen LogP contribution in [-0.2, 0) is 9.53 Å². The second kappa shape index (κ2) is 6.36. The molecule has 0 radical (unpaired) electrons. The number of carbonyl (C=O) groups excluding carboxylic acids is 1. The molecule has 24 heavy (non-hydrogen) atoms. The Hall–Kier alpha value is -2.21. The van der Waals surface area contributed by atoms with Gasteiger partial charge in [-0.15, -0.1) is 0 Å². The molecule has 1 atom stereocenters. The van der Waals surface area contributed by atoms with Crippen molar-refractivity contribution in [1.82, 2.24) is 9.88 Å². The molecule has 0 N–H and O–H groups in total. The van der Waals surface area contributed by atoms with Crippen LogP contribution in [0.1, 0.15) is 12.8 Å². The molecule has 2 aliphatic rings. The lowest BCUT2D eigenvalue weighted by atomic mass is 10.2. The number of anilines is 1. The van der Waals surface area contributed by atoms with E-state index in [4.69, 9.17) is 4.74 Å². The maximum absolute atomic E-state index is 13.4. The van der Waals surface area contributed by atoms with Crippen molar-refractivity contribution in [3.8, 4) is 0 Å². The van der Waals surface area contributed by atoms with E-state index in [2.05, 4.69) is 9.88 Å². The molecule has 1 aromatic heterocycles. The van der Waals surface area contributed by atoms with Crippen LogP contribution in [0.4, 0.5) is 10.2 Å². The number of rotatable bonds is 2. The molecule has 1 amide bonds. The number of halogens is 1. The first kappa shape index (κ1) is 15.3. The number of piperazine rings is 1. The summed E-state index contributed by atoms with van der Waals surface area (Å²) in [5.74, 6) is 0.664. The lowest BCUT2D eigenvalue weighted by molar-refractivity contribution is -0.141. The Labute approximate surface area is 140 Å². The zero-order valence-electron chi connectivity index (χ0n) is 13.4. The number of fused-ring (bicyclic) bond motifs is 1. The van der Waals surface area contributed by atoms with Crippen molar-refractivity contribution >= 4 is 22.6 Å². The van der Waals surface area contributed by atoms with Crippen LogP contribution < -0.4 is 4.90 Å². The van der Waals surface area contributed by atoms with Gasteiger partial charge >= 0.3 is 0 Å². The zero-order chi connectivity index (χ0) is 16.5. The molecule has 0 spiro atoms. The van der Waals surface area contributed by atoms with Crippen molar-refractivity contribution in [2.45, 2.75) is 18.9 Å².